The highest BCUT2D eigenvalue weighted by Crippen LogP contribution is 2.36. The molecule has 0 unspecified atom stereocenters. The van der Waals surface area contributed by atoms with E-state index in [9.17, 15) is 19.7 Å². The first kappa shape index (κ1) is 17.9. The van der Waals surface area contributed by atoms with E-state index in [1.807, 2.05) is 0 Å². The third kappa shape index (κ3) is 2.84. The maximum absolute atomic E-state index is 12.5. The third-order valence-corrected chi connectivity index (χ3v) is 4.97. The predicted octanol–water partition coefficient (Wildman–Crippen LogP) is 5.28. The number of ketones is 2. The van der Waals surface area contributed by atoms with E-state index in [0.717, 1.165) is 0 Å². The van der Waals surface area contributed by atoms with Crippen molar-refractivity contribution in [2.75, 3.05) is 0 Å². The topological polar surface area (TPSA) is 90.4 Å². The lowest BCUT2D eigenvalue weighted by Crippen LogP contribution is -1.99. The summed E-state index contributed by atoms with van der Waals surface area (Å²) in [5.74, 6) is -0.285. The number of carbonyl (C=O) groups excluding carboxylic acids is 2. The molecule has 7 heteroatoms. The fraction of sp³-hybridized carbons (Fsp3) is 0.0476. The summed E-state index contributed by atoms with van der Waals surface area (Å²) in [4.78, 5) is 35.8. The highest BCUT2D eigenvalue weighted by atomic mass is 35.5. The summed E-state index contributed by atoms with van der Waals surface area (Å²) in [5.41, 5.74) is 1.36. The van der Waals surface area contributed by atoms with Crippen molar-refractivity contribution in [3.8, 4) is 11.3 Å². The zero-order chi connectivity index (χ0) is 20.0. The zero-order valence-electron chi connectivity index (χ0n) is 14.6. The molecule has 3 aromatic rings. The molecular weight excluding hydrogens is 382 g/mol. The lowest BCUT2D eigenvalue weighted by molar-refractivity contribution is -0.384. The highest BCUT2D eigenvalue weighted by Gasteiger charge is 2.33. The van der Waals surface area contributed by atoms with Crippen molar-refractivity contribution in [3.05, 3.63) is 91.7 Å². The molecule has 1 aliphatic rings. The van der Waals surface area contributed by atoms with Crippen molar-refractivity contribution in [1.29, 1.82) is 0 Å². The van der Waals surface area contributed by atoms with Gasteiger partial charge in [0.2, 0.25) is 0 Å². The molecule has 0 fully saturated rings. The zero-order valence-corrected chi connectivity index (χ0v) is 15.3. The number of nitro groups is 1. The van der Waals surface area contributed by atoms with E-state index in [-0.39, 0.29) is 39.9 Å². The minimum Gasteiger partial charge on any atom is -0.456 e. The lowest BCUT2D eigenvalue weighted by Gasteiger charge is -2.03. The van der Waals surface area contributed by atoms with Gasteiger partial charge in [-0.3, -0.25) is 19.7 Å². The summed E-state index contributed by atoms with van der Waals surface area (Å²) in [6, 6.07) is 12.5. The molecule has 6 nitrogen and oxygen atoms in total. The summed E-state index contributed by atoms with van der Waals surface area (Å²) >= 11 is 6.11. The van der Waals surface area contributed by atoms with Crippen molar-refractivity contribution in [2.45, 2.75) is 6.92 Å². The second-order valence-electron chi connectivity index (χ2n) is 6.34. The number of carbonyl (C=O) groups is 2. The van der Waals surface area contributed by atoms with Crippen molar-refractivity contribution < 1.29 is 18.9 Å². The largest absolute Gasteiger partial charge is 0.456 e. The Hall–Kier alpha value is -3.51. The van der Waals surface area contributed by atoms with Gasteiger partial charge in [0, 0.05) is 22.2 Å². The second-order valence-corrected chi connectivity index (χ2v) is 6.75. The molecule has 1 aliphatic carbocycles. The number of benzene rings is 2. The van der Waals surface area contributed by atoms with Crippen LogP contribution in [0, 0.1) is 17.0 Å². The molecule has 0 saturated heterocycles. The van der Waals surface area contributed by atoms with Gasteiger partial charge in [0.15, 0.2) is 11.6 Å². The number of nitrogens with zero attached hydrogens (tertiary/aromatic N) is 1. The van der Waals surface area contributed by atoms with Crippen LogP contribution in [-0.4, -0.2) is 16.5 Å². The van der Waals surface area contributed by atoms with E-state index in [1.54, 1.807) is 37.3 Å². The fourth-order valence-corrected chi connectivity index (χ4v) is 3.30. The quantitative estimate of drug-likeness (QED) is 0.261. The van der Waals surface area contributed by atoms with Crippen LogP contribution in [0.4, 0.5) is 5.69 Å². The maximum Gasteiger partial charge on any atom is 0.280 e. The molecular formula is C21H12ClNO5. The van der Waals surface area contributed by atoms with Gasteiger partial charge >= 0.3 is 0 Å². The molecule has 0 bridgehead atoms. The van der Waals surface area contributed by atoms with Crippen LogP contribution in [-0.2, 0) is 0 Å². The number of nitro benzene ring substituents is 1. The molecule has 0 aliphatic heterocycles. The van der Waals surface area contributed by atoms with E-state index in [2.05, 4.69) is 0 Å². The van der Waals surface area contributed by atoms with Crippen LogP contribution >= 0.6 is 11.6 Å². The molecule has 0 amide bonds. The van der Waals surface area contributed by atoms with Gasteiger partial charge in [-0.25, -0.2) is 0 Å². The van der Waals surface area contributed by atoms with Gasteiger partial charge in [-0.2, -0.15) is 0 Å². The van der Waals surface area contributed by atoms with Crippen LogP contribution in [0.25, 0.3) is 17.4 Å². The van der Waals surface area contributed by atoms with Gasteiger partial charge in [-0.15, -0.1) is 0 Å². The molecule has 28 heavy (non-hydrogen) atoms. The summed E-state index contributed by atoms with van der Waals surface area (Å²) in [6.07, 6.45) is 1.36. The smallest absolute Gasteiger partial charge is 0.280 e. The molecule has 1 heterocycles. The molecule has 138 valence electrons. The van der Waals surface area contributed by atoms with Crippen LogP contribution in [0.15, 0.2) is 58.5 Å². The van der Waals surface area contributed by atoms with Gasteiger partial charge in [0.1, 0.15) is 11.5 Å². The van der Waals surface area contributed by atoms with E-state index < -0.39 is 4.92 Å². The fourth-order valence-electron chi connectivity index (χ4n) is 3.14. The normalized spacial score (nSPS) is 13.0. The number of fused-ring (bicyclic) bond motifs is 1. The summed E-state index contributed by atoms with van der Waals surface area (Å²) in [7, 11) is 0. The van der Waals surface area contributed by atoms with Crippen molar-refractivity contribution in [2.24, 2.45) is 0 Å². The Morgan fingerprint density at radius 3 is 2.25 bits per heavy atom. The van der Waals surface area contributed by atoms with Crippen LogP contribution in [0.5, 0.6) is 0 Å². The Morgan fingerprint density at radius 1 is 1.00 bits per heavy atom. The maximum atomic E-state index is 12.5. The number of allylic oxidation sites excluding steroid dienone is 1. The lowest BCUT2D eigenvalue weighted by atomic mass is 10.1. The Bertz CT molecular complexity index is 1170. The predicted molar refractivity (Wildman–Crippen MR) is 104 cm³/mol. The van der Waals surface area contributed by atoms with Gasteiger partial charge in [-0.1, -0.05) is 35.9 Å². The third-order valence-electron chi connectivity index (χ3n) is 4.56. The number of Topliss-reactive ketones (excluding diaryl/α,β-unsaturated/α-hetero) is 2. The van der Waals surface area contributed by atoms with Gasteiger partial charge in [0.25, 0.3) is 5.69 Å². The van der Waals surface area contributed by atoms with Gasteiger partial charge in [-0.05, 0) is 36.8 Å². The van der Waals surface area contributed by atoms with Crippen molar-refractivity contribution in [1.82, 2.24) is 0 Å². The van der Waals surface area contributed by atoms with Gasteiger partial charge < -0.3 is 4.42 Å². The molecule has 0 saturated carbocycles. The molecule has 0 N–H and O–H groups in total. The number of hydrogen-bond acceptors (Lipinski definition) is 5. The summed E-state index contributed by atoms with van der Waals surface area (Å²) in [6.45, 7) is 1.67. The molecule has 0 atom stereocenters. The summed E-state index contributed by atoms with van der Waals surface area (Å²) in [5, 5.41) is 11.7. The molecule has 2 aromatic carbocycles. The van der Waals surface area contributed by atoms with Crippen molar-refractivity contribution in [3.63, 3.8) is 0 Å². The van der Waals surface area contributed by atoms with E-state index in [0.29, 0.717) is 21.7 Å². The Kier molecular flexibility index (Phi) is 4.20. The number of hydrogen-bond donors (Lipinski definition) is 0. The van der Waals surface area contributed by atoms with Crippen LogP contribution in [0.2, 0.25) is 5.02 Å². The average molecular weight is 394 g/mol. The van der Waals surface area contributed by atoms with Crippen LogP contribution in [0.3, 0.4) is 0 Å². The number of halogens is 1. The molecule has 0 radical (unpaired) electrons. The Balaban J connectivity index is 1.75. The number of aryl methyl sites for hydroxylation is 1. The number of furan rings is 1. The molecule has 1 aromatic heterocycles. The van der Waals surface area contributed by atoms with Gasteiger partial charge in [0.05, 0.1) is 16.1 Å². The van der Waals surface area contributed by atoms with E-state index >= 15 is 0 Å². The average Bonchev–Trinajstić information content (AvgIpc) is 3.23. The highest BCUT2D eigenvalue weighted by molar-refractivity contribution is 6.41. The SMILES string of the molecule is Cc1cc([N+](=O)[O-])c(-c2ccc(C=C3C(=O)c4ccccc4C3=O)o2)cc1Cl. The minimum absolute atomic E-state index is 0.00135. The molecule has 4 rings (SSSR count). The standard InChI is InChI=1S/C21H12ClNO5/c1-11-8-18(23(26)27)15(10-17(11)22)19-7-6-12(28-19)9-16-20(24)13-4-2-3-5-14(13)21(16)25/h2-10H,1H3. The minimum atomic E-state index is -0.514. The Labute approximate surface area is 164 Å². The van der Waals surface area contributed by atoms with Crippen molar-refractivity contribution >= 4 is 34.9 Å². The monoisotopic (exact) mass is 393 g/mol. The van der Waals surface area contributed by atoms with E-state index in [1.165, 1.54) is 24.3 Å². The summed E-state index contributed by atoms with van der Waals surface area (Å²) < 4.78 is 5.67. The first-order chi connectivity index (χ1) is 13.4. The molecule has 0 spiro atoms. The Morgan fingerprint density at radius 2 is 1.64 bits per heavy atom. The second kappa shape index (κ2) is 6.58. The first-order valence-electron chi connectivity index (χ1n) is 8.31. The number of rotatable bonds is 3. The van der Waals surface area contributed by atoms with Crippen LogP contribution in [0.1, 0.15) is 32.0 Å². The van der Waals surface area contributed by atoms with Crippen LogP contribution < -0.4 is 0 Å². The first-order valence-corrected chi connectivity index (χ1v) is 8.69. The van der Waals surface area contributed by atoms with E-state index in [4.69, 9.17) is 16.0 Å².